The van der Waals surface area contributed by atoms with Crippen molar-refractivity contribution in [2.24, 2.45) is 0 Å². The molecule has 4 rings (SSSR count). The number of nitrogens with zero attached hydrogens (tertiary/aromatic N) is 2. The van der Waals surface area contributed by atoms with Gasteiger partial charge in [-0.3, -0.25) is 4.79 Å². The number of para-hydroxylation sites is 1. The third-order valence-corrected chi connectivity index (χ3v) is 6.02. The molecule has 2 aromatic carbocycles. The first-order valence-electron chi connectivity index (χ1n) is 9.02. The first-order valence-corrected chi connectivity index (χ1v) is 9.83. The average molecular weight is 366 g/mol. The van der Waals surface area contributed by atoms with Crippen molar-refractivity contribution in [3.8, 4) is 5.75 Å². The first-order chi connectivity index (χ1) is 12.7. The maximum absolute atomic E-state index is 12.6. The molecular weight excluding hydrogens is 344 g/mol. The smallest absolute Gasteiger partial charge is 0.260 e. The van der Waals surface area contributed by atoms with Crippen LogP contribution in [-0.4, -0.2) is 35.5 Å². The number of amides is 1. The number of aryl methyl sites for hydroxylation is 1. The van der Waals surface area contributed by atoms with Crippen LogP contribution in [0.2, 0.25) is 0 Å². The van der Waals surface area contributed by atoms with Crippen LogP contribution in [0.3, 0.4) is 0 Å². The number of rotatable bonds is 4. The summed E-state index contributed by atoms with van der Waals surface area (Å²) in [6.07, 6.45) is 2.10. The van der Waals surface area contributed by atoms with Crippen LogP contribution in [-0.2, 0) is 4.79 Å². The number of piperidine rings is 1. The van der Waals surface area contributed by atoms with Crippen molar-refractivity contribution in [2.75, 3.05) is 19.7 Å². The van der Waals surface area contributed by atoms with Crippen molar-refractivity contribution in [1.29, 1.82) is 0 Å². The Bertz CT molecular complexity index is 871. The molecule has 1 amide bonds. The molecule has 0 radical (unpaired) electrons. The van der Waals surface area contributed by atoms with Gasteiger partial charge in [0.05, 0.1) is 15.2 Å². The van der Waals surface area contributed by atoms with Gasteiger partial charge in [-0.05, 0) is 44.0 Å². The molecule has 0 spiro atoms. The number of carbonyl (C=O) groups is 1. The minimum Gasteiger partial charge on any atom is -0.484 e. The van der Waals surface area contributed by atoms with Gasteiger partial charge in [0.25, 0.3) is 5.91 Å². The second-order valence-electron chi connectivity index (χ2n) is 6.80. The van der Waals surface area contributed by atoms with Crippen molar-refractivity contribution in [3.05, 3.63) is 59.1 Å². The number of ether oxygens (including phenoxy) is 1. The Morgan fingerprint density at radius 1 is 1.23 bits per heavy atom. The van der Waals surface area contributed by atoms with E-state index in [2.05, 4.69) is 12.1 Å². The fraction of sp³-hybridized carbons (Fsp3) is 0.333. The molecule has 0 unspecified atom stereocenters. The normalized spacial score (nSPS) is 17.4. The van der Waals surface area contributed by atoms with Gasteiger partial charge in [-0.1, -0.05) is 29.8 Å². The lowest BCUT2D eigenvalue weighted by Crippen LogP contribution is -2.41. The Morgan fingerprint density at radius 2 is 2.04 bits per heavy atom. The largest absolute Gasteiger partial charge is 0.484 e. The third kappa shape index (κ3) is 3.73. The topological polar surface area (TPSA) is 42.4 Å². The van der Waals surface area contributed by atoms with E-state index in [0.717, 1.165) is 42.2 Å². The fourth-order valence-corrected chi connectivity index (χ4v) is 4.43. The summed E-state index contributed by atoms with van der Waals surface area (Å²) in [7, 11) is 0. The van der Waals surface area contributed by atoms with Gasteiger partial charge in [-0.15, -0.1) is 11.3 Å². The van der Waals surface area contributed by atoms with Crippen LogP contribution in [0.1, 0.15) is 29.3 Å². The van der Waals surface area contributed by atoms with E-state index in [1.807, 2.05) is 48.2 Å². The molecular formula is C21H22N2O2S. The zero-order valence-corrected chi connectivity index (χ0v) is 15.7. The van der Waals surface area contributed by atoms with Crippen molar-refractivity contribution >= 4 is 27.5 Å². The Kier molecular flexibility index (Phi) is 4.89. The van der Waals surface area contributed by atoms with Gasteiger partial charge in [-0.25, -0.2) is 4.98 Å². The lowest BCUT2D eigenvalue weighted by Gasteiger charge is -2.31. The van der Waals surface area contributed by atoms with Crippen molar-refractivity contribution in [1.82, 2.24) is 9.88 Å². The molecule has 134 valence electrons. The van der Waals surface area contributed by atoms with E-state index >= 15 is 0 Å². The number of fused-ring (bicyclic) bond motifs is 1. The monoisotopic (exact) mass is 366 g/mol. The summed E-state index contributed by atoms with van der Waals surface area (Å²) < 4.78 is 6.88. The minimum absolute atomic E-state index is 0.0522. The van der Waals surface area contributed by atoms with E-state index in [4.69, 9.17) is 9.72 Å². The van der Waals surface area contributed by atoms with Crippen LogP contribution < -0.4 is 4.74 Å². The molecule has 0 saturated carbocycles. The van der Waals surface area contributed by atoms with E-state index in [-0.39, 0.29) is 12.5 Å². The molecule has 0 aliphatic carbocycles. The summed E-state index contributed by atoms with van der Waals surface area (Å²) in [5.41, 5.74) is 2.23. The molecule has 1 fully saturated rings. The van der Waals surface area contributed by atoms with Gasteiger partial charge in [0, 0.05) is 19.0 Å². The zero-order chi connectivity index (χ0) is 17.9. The molecule has 1 aliphatic rings. The number of likely N-dealkylation sites (tertiary alicyclic amines) is 1. The highest BCUT2D eigenvalue weighted by Gasteiger charge is 2.27. The maximum Gasteiger partial charge on any atom is 0.260 e. The number of thiazole rings is 1. The van der Waals surface area contributed by atoms with E-state index in [9.17, 15) is 4.79 Å². The SMILES string of the molecule is Cc1ccc(OCC(=O)N2CCC[C@@H](c3nc4ccccc4s3)C2)cc1. The lowest BCUT2D eigenvalue weighted by atomic mass is 9.99. The second-order valence-corrected chi connectivity index (χ2v) is 7.86. The number of benzene rings is 2. The van der Waals surface area contributed by atoms with Crippen molar-refractivity contribution in [3.63, 3.8) is 0 Å². The number of hydrogen-bond donors (Lipinski definition) is 0. The Hall–Kier alpha value is -2.40. The van der Waals surface area contributed by atoms with Crippen molar-refractivity contribution < 1.29 is 9.53 Å². The van der Waals surface area contributed by atoms with Gasteiger partial charge in [0.2, 0.25) is 0 Å². The van der Waals surface area contributed by atoms with Crippen LogP contribution in [0.15, 0.2) is 48.5 Å². The minimum atomic E-state index is 0.0522. The van der Waals surface area contributed by atoms with Gasteiger partial charge in [0.15, 0.2) is 6.61 Å². The molecule has 5 heteroatoms. The molecule has 1 saturated heterocycles. The van der Waals surface area contributed by atoms with Gasteiger partial charge >= 0.3 is 0 Å². The maximum atomic E-state index is 12.6. The van der Waals surface area contributed by atoms with Gasteiger partial charge in [-0.2, -0.15) is 0 Å². The molecule has 1 atom stereocenters. The fourth-order valence-electron chi connectivity index (χ4n) is 3.34. The molecule has 4 nitrogen and oxygen atoms in total. The predicted molar refractivity (Wildman–Crippen MR) is 105 cm³/mol. The van der Waals surface area contributed by atoms with Gasteiger partial charge in [0.1, 0.15) is 5.75 Å². The second kappa shape index (κ2) is 7.46. The highest BCUT2D eigenvalue weighted by Crippen LogP contribution is 2.33. The molecule has 2 heterocycles. The van der Waals surface area contributed by atoms with Crippen LogP contribution in [0.4, 0.5) is 0 Å². The van der Waals surface area contributed by atoms with E-state index in [0.29, 0.717) is 5.92 Å². The summed E-state index contributed by atoms with van der Waals surface area (Å²) in [5.74, 6) is 1.12. The highest BCUT2D eigenvalue weighted by molar-refractivity contribution is 7.18. The molecule has 3 aromatic rings. The van der Waals surface area contributed by atoms with E-state index in [1.54, 1.807) is 11.3 Å². The predicted octanol–water partition coefficient (Wildman–Crippen LogP) is 4.39. The number of aromatic nitrogens is 1. The Labute approximate surface area is 157 Å². The van der Waals surface area contributed by atoms with Crippen LogP contribution >= 0.6 is 11.3 Å². The number of hydrogen-bond acceptors (Lipinski definition) is 4. The number of carbonyl (C=O) groups excluding carboxylic acids is 1. The quantitative estimate of drug-likeness (QED) is 0.688. The molecule has 0 N–H and O–H groups in total. The molecule has 1 aromatic heterocycles. The molecule has 26 heavy (non-hydrogen) atoms. The van der Waals surface area contributed by atoms with Crippen LogP contribution in [0.5, 0.6) is 5.75 Å². The molecule has 1 aliphatic heterocycles. The van der Waals surface area contributed by atoms with Crippen molar-refractivity contribution in [2.45, 2.75) is 25.7 Å². The lowest BCUT2D eigenvalue weighted by molar-refractivity contribution is -0.134. The average Bonchev–Trinajstić information content (AvgIpc) is 3.12. The third-order valence-electron chi connectivity index (χ3n) is 4.82. The molecule has 0 bridgehead atoms. The summed E-state index contributed by atoms with van der Waals surface area (Å²) >= 11 is 1.75. The highest BCUT2D eigenvalue weighted by atomic mass is 32.1. The summed E-state index contributed by atoms with van der Waals surface area (Å²) in [5, 5.41) is 1.14. The van der Waals surface area contributed by atoms with E-state index < -0.39 is 0 Å². The summed E-state index contributed by atoms with van der Waals surface area (Å²) in [6.45, 7) is 3.66. The van der Waals surface area contributed by atoms with Crippen LogP contribution in [0.25, 0.3) is 10.2 Å². The standard InChI is InChI=1S/C21H22N2O2S/c1-15-8-10-17(11-9-15)25-14-20(24)23-12-4-5-16(13-23)21-22-18-6-2-3-7-19(18)26-21/h2-3,6-11,16H,4-5,12-14H2,1H3/t16-/m1/s1. The zero-order valence-electron chi connectivity index (χ0n) is 14.9. The van der Waals surface area contributed by atoms with E-state index in [1.165, 1.54) is 10.3 Å². The Balaban J connectivity index is 1.39. The van der Waals surface area contributed by atoms with Crippen LogP contribution in [0, 0.1) is 6.92 Å². The Morgan fingerprint density at radius 3 is 2.85 bits per heavy atom. The summed E-state index contributed by atoms with van der Waals surface area (Å²) in [4.78, 5) is 19.3. The van der Waals surface area contributed by atoms with Gasteiger partial charge < -0.3 is 9.64 Å². The first kappa shape index (κ1) is 17.0. The summed E-state index contributed by atoms with van der Waals surface area (Å²) in [6, 6.07) is 16.0.